The van der Waals surface area contributed by atoms with Crippen molar-refractivity contribution in [1.29, 1.82) is 0 Å². The summed E-state index contributed by atoms with van der Waals surface area (Å²) in [6.45, 7) is 5.44. The van der Waals surface area contributed by atoms with E-state index in [2.05, 4.69) is 5.32 Å². The second-order valence-electron chi connectivity index (χ2n) is 5.31. The van der Waals surface area contributed by atoms with Crippen LogP contribution in [-0.2, 0) is 20.9 Å². The van der Waals surface area contributed by atoms with Crippen LogP contribution in [0.2, 0.25) is 0 Å². The molecule has 1 heterocycles. The van der Waals surface area contributed by atoms with Crippen molar-refractivity contribution in [2.24, 2.45) is 0 Å². The molecule has 0 saturated heterocycles. The number of benzene rings is 1. The van der Waals surface area contributed by atoms with Crippen LogP contribution in [0.5, 0.6) is 5.75 Å². The van der Waals surface area contributed by atoms with Gasteiger partial charge in [0.1, 0.15) is 12.3 Å². The summed E-state index contributed by atoms with van der Waals surface area (Å²) in [4.78, 5) is 35.4. The zero-order valence-corrected chi connectivity index (χ0v) is 15.1. The lowest BCUT2D eigenvalue weighted by Gasteiger charge is -2.14. The number of aryl methyl sites for hydroxylation is 1. The Hall–Kier alpha value is -2.61. The first-order valence-corrected chi connectivity index (χ1v) is 8.66. The predicted molar refractivity (Wildman–Crippen MR) is 95.1 cm³/mol. The summed E-state index contributed by atoms with van der Waals surface area (Å²) >= 11 is 1.01. The Bertz CT molecular complexity index is 794. The molecule has 7 nitrogen and oxygen atoms in total. The number of carbonyl (C=O) groups is 2. The van der Waals surface area contributed by atoms with Crippen LogP contribution >= 0.6 is 11.3 Å². The van der Waals surface area contributed by atoms with Crippen molar-refractivity contribution in [3.63, 3.8) is 0 Å². The minimum absolute atomic E-state index is 0.213. The molecule has 0 unspecified atom stereocenters. The van der Waals surface area contributed by atoms with Crippen molar-refractivity contribution >= 4 is 28.9 Å². The fourth-order valence-corrected chi connectivity index (χ4v) is 2.79. The maximum atomic E-state index is 12.1. The molecule has 0 saturated carbocycles. The normalized spacial score (nSPS) is 11.6. The molecule has 1 amide bonds. The van der Waals surface area contributed by atoms with Crippen LogP contribution in [0, 0.1) is 6.92 Å². The molecule has 1 aromatic carbocycles. The van der Waals surface area contributed by atoms with E-state index in [9.17, 15) is 14.4 Å². The minimum Gasteiger partial charge on any atom is -0.494 e. The number of nitrogens with zero attached hydrogens (tertiary/aromatic N) is 1. The number of carbonyl (C=O) groups excluding carboxylic acids is 2. The van der Waals surface area contributed by atoms with Crippen LogP contribution in [0.3, 0.4) is 0 Å². The van der Waals surface area contributed by atoms with Crippen LogP contribution in [0.1, 0.15) is 19.5 Å². The van der Waals surface area contributed by atoms with Crippen LogP contribution in [0.25, 0.3) is 0 Å². The number of hydrogen-bond donors (Lipinski definition) is 1. The molecule has 1 aromatic heterocycles. The highest BCUT2D eigenvalue weighted by molar-refractivity contribution is 7.07. The van der Waals surface area contributed by atoms with Gasteiger partial charge in [0, 0.05) is 16.8 Å². The van der Waals surface area contributed by atoms with Crippen molar-refractivity contribution in [2.75, 3.05) is 11.9 Å². The molecule has 0 aliphatic carbocycles. The van der Waals surface area contributed by atoms with Crippen molar-refractivity contribution in [3.8, 4) is 5.75 Å². The zero-order chi connectivity index (χ0) is 18.4. The van der Waals surface area contributed by atoms with E-state index in [-0.39, 0.29) is 11.4 Å². The van der Waals surface area contributed by atoms with Gasteiger partial charge in [-0.15, -0.1) is 0 Å². The second kappa shape index (κ2) is 8.48. The zero-order valence-electron chi connectivity index (χ0n) is 14.3. The van der Waals surface area contributed by atoms with Gasteiger partial charge in [-0.2, -0.15) is 0 Å². The summed E-state index contributed by atoms with van der Waals surface area (Å²) in [6, 6.07) is 6.88. The Kier molecular flexibility index (Phi) is 6.35. The topological polar surface area (TPSA) is 86.6 Å². The molecule has 0 bridgehead atoms. The Labute approximate surface area is 149 Å². The Morgan fingerprint density at radius 1 is 1.28 bits per heavy atom. The molecule has 0 spiro atoms. The van der Waals surface area contributed by atoms with Crippen molar-refractivity contribution in [1.82, 2.24) is 4.57 Å². The molecule has 134 valence electrons. The molecule has 2 rings (SSSR count). The second-order valence-corrected chi connectivity index (χ2v) is 6.13. The molecule has 0 fully saturated rings. The van der Waals surface area contributed by atoms with Crippen molar-refractivity contribution < 1.29 is 19.1 Å². The highest BCUT2D eigenvalue weighted by Crippen LogP contribution is 2.16. The summed E-state index contributed by atoms with van der Waals surface area (Å²) in [5.41, 5.74) is 1.25. The highest BCUT2D eigenvalue weighted by atomic mass is 32.1. The Morgan fingerprint density at radius 3 is 2.52 bits per heavy atom. The van der Waals surface area contributed by atoms with Gasteiger partial charge in [0.15, 0.2) is 6.10 Å². The number of amides is 1. The summed E-state index contributed by atoms with van der Waals surface area (Å²) in [5.74, 6) is -0.388. The fourth-order valence-electron chi connectivity index (χ4n) is 2.06. The number of ether oxygens (including phenoxy) is 2. The minimum atomic E-state index is -0.978. The van der Waals surface area contributed by atoms with Gasteiger partial charge in [0.2, 0.25) is 0 Å². The molecule has 25 heavy (non-hydrogen) atoms. The molecule has 2 aromatic rings. The van der Waals surface area contributed by atoms with E-state index >= 15 is 0 Å². The molecule has 0 aliphatic heterocycles. The molecular formula is C17H20N2O5S. The van der Waals surface area contributed by atoms with E-state index in [1.807, 2.05) is 6.92 Å². The summed E-state index contributed by atoms with van der Waals surface area (Å²) < 4.78 is 11.7. The maximum Gasteiger partial charge on any atom is 0.326 e. The summed E-state index contributed by atoms with van der Waals surface area (Å²) in [5, 5.41) is 4.32. The van der Waals surface area contributed by atoms with Crippen molar-refractivity contribution in [3.05, 3.63) is 45.0 Å². The van der Waals surface area contributed by atoms with Gasteiger partial charge in [-0.25, -0.2) is 0 Å². The monoisotopic (exact) mass is 364 g/mol. The molecule has 0 aliphatic rings. The van der Waals surface area contributed by atoms with E-state index in [0.29, 0.717) is 23.7 Å². The summed E-state index contributed by atoms with van der Waals surface area (Å²) in [7, 11) is 0. The number of hydrogen-bond acceptors (Lipinski definition) is 6. The quantitative estimate of drug-likeness (QED) is 0.761. The van der Waals surface area contributed by atoms with Gasteiger partial charge in [0.25, 0.3) is 5.91 Å². The average Bonchev–Trinajstić information content (AvgIpc) is 2.88. The van der Waals surface area contributed by atoms with Gasteiger partial charge in [0.05, 0.1) is 6.61 Å². The molecular weight excluding hydrogens is 344 g/mol. The molecule has 0 radical (unpaired) electrons. The number of esters is 1. The first-order chi connectivity index (χ1) is 11.9. The van der Waals surface area contributed by atoms with E-state index in [1.54, 1.807) is 36.6 Å². The first kappa shape index (κ1) is 18.7. The van der Waals surface area contributed by atoms with Gasteiger partial charge < -0.3 is 14.8 Å². The van der Waals surface area contributed by atoms with Crippen LogP contribution < -0.4 is 14.9 Å². The fraction of sp³-hybridized carbons (Fsp3) is 0.353. The number of aromatic nitrogens is 1. The molecule has 1 atom stereocenters. The van der Waals surface area contributed by atoms with Crippen LogP contribution in [0.4, 0.5) is 5.69 Å². The first-order valence-electron chi connectivity index (χ1n) is 7.78. The molecule has 8 heteroatoms. The van der Waals surface area contributed by atoms with Crippen molar-refractivity contribution in [2.45, 2.75) is 33.4 Å². The average molecular weight is 364 g/mol. The van der Waals surface area contributed by atoms with E-state index in [0.717, 1.165) is 11.3 Å². The predicted octanol–water partition coefficient (Wildman–Crippen LogP) is 2.19. The van der Waals surface area contributed by atoms with Gasteiger partial charge in [-0.3, -0.25) is 19.0 Å². The number of nitrogens with one attached hydrogen (secondary N) is 1. The maximum absolute atomic E-state index is 12.1. The Morgan fingerprint density at radius 2 is 1.96 bits per heavy atom. The lowest BCUT2D eigenvalue weighted by molar-refractivity contribution is -0.153. The van der Waals surface area contributed by atoms with Crippen LogP contribution in [0.15, 0.2) is 34.4 Å². The lowest BCUT2D eigenvalue weighted by Crippen LogP contribution is -2.32. The van der Waals surface area contributed by atoms with Gasteiger partial charge in [-0.1, -0.05) is 11.3 Å². The molecule has 1 N–H and O–H groups in total. The third-order valence-corrected chi connectivity index (χ3v) is 4.25. The van der Waals surface area contributed by atoms with E-state index in [4.69, 9.17) is 9.47 Å². The van der Waals surface area contributed by atoms with Crippen LogP contribution in [-0.4, -0.2) is 29.2 Å². The van der Waals surface area contributed by atoms with E-state index in [1.165, 1.54) is 11.5 Å². The number of anilines is 1. The lowest BCUT2D eigenvalue weighted by atomic mass is 10.3. The largest absolute Gasteiger partial charge is 0.494 e. The third-order valence-electron chi connectivity index (χ3n) is 3.37. The standard InChI is InChI=1S/C17H20N2O5S/c1-4-23-14-7-5-13(6-8-14)18-16(21)12(3)24-15(20)9-19-11(2)10-25-17(19)22/h5-8,10,12H,4,9H2,1-3H3,(H,18,21)/t12-/m1/s1. The van der Waals surface area contributed by atoms with E-state index < -0.39 is 18.0 Å². The third kappa shape index (κ3) is 5.18. The van der Waals surface area contributed by atoms with Gasteiger partial charge in [-0.05, 0) is 45.0 Å². The number of rotatable bonds is 7. The number of thiazole rings is 1. The van der Waals surface area contributed by atoms with Gasteiger partial charge >= 0.3 is 10.8 Å². The Balaban J connectivity index is 1.89. The highest BCUT2D eigenvalue weighted by Gasteiger charge is 2.19. The SMILES string of the molecule is CCOc1ccc(NC(=O)[C@@H](C)OC(=O)Cn2c(C)csc2=O)cc1. The smallest absolute Gasteiger partial charge is 0.326 e. The summed E-state index contributed by atoms with van der Waals surface area (Å²) in [6.07, 6.45) is -0.978.